The van der Waals surface area contributed by atoms with Crippen LogP contribution in [-0.4, -0.2) is 14.5 Å². The Bertz CT molecular complexity index is 1870. The zero-order valence-electron chi connectivity index (χ0n) is 20.0. The molecule has 0 unspecified atom stereocenters. The van der Waals surface area contributed by atoms with E-state index in [0.717, 1.165) is 38.9 Å². The summed E-state index contributed by atoms with van der Waals surface area (Å²) in [7, 11) is 0. The minimum atomic E-state index is -0.193. The molecular weight excluding hydrogens is 440 g/mol. The Morgan fingerprint density at radius 2 is 1.61 bits per heavy atom. The number of hydrogen-bond donors (Lipinski definition) is 0. The van der Waals surface area contributed by atoms with Crippen LogP contribution in [0.4, 0.5) is 5.69 Å². The van der Waals surface area contributed by atoms with Crippen molar-refractivity contribution in [2.45, 2.75) is 19.3 Å². The van der Waals surface area contributed by atoms with E-state index < -0.39 is 0 Å². The van der Waals surface area contributed by atoms with Crippen LogP contribution < -0.4 is 0 Å². The predicted molar refractivity (Wildman–Crippen MR) is 146 cm³/mol. The van der Waals surface area contributed by atoms with Gasteiger partial charge >= 0.3 is 0 Å². The lowest BCUT2D eigenvalue weighted by Gasteiger charge is -2.22. The number of hydrogen-bond acceptors (Lipinski definition) is 2. The second-order valence-corrected chi connectivity index (χ2v) is 9.85. The summed E-state index contributed by atoms with van der Waals surface area (Å²) in [6, 6.07) is 29.4. The normalized spacial score (nSPS) is 13.5. The molecule has 0 atom stereocenters. The molecule has 7 rings (SSSR count). The van der Waals surface area contributed by atoms with Crippen LogP contribution in [0.2, 0.25) is 0 Å². The van der Waals surface area contributed by atoms with Crippen molar-refractivity contribution in [1.82, 2.24) is 14.5 Å². The average molecular weight is 463 g/mol. The van der Waals surface area contributed by atoms with Gasteiger partial charge in [-0.2, -0.15) is 0 Å². The molecule has 1 aliphatic rings. The van der Waals surface area contributed by atoms with E-state index in [4.69, 9.17) is 11.6 Å². The molecule has 0 aliphatic heterocycles. The maximum Gasteiger partial charge on any atom is 0.187 e. The van der Waals surface area contributed by atoms with E-state index in [1.54, 1.807) is 0 Å². The molecular formula is C32H22N4. The first-order valence-electron chi connectivity index (χ1n) is 12.0. The maximum absolute atomic E-state index is 7.49. The molecule has 4 heteroatoms. The molecule has 6 aromatic rings. The topological polar surface area (TPSA) is 35.1 Å². The van der Waals surface area contributed by atoms with E-state index >= 15 is 0 Å². The van der Waals surface area contributed by atoms with E-state index in [2.05, 4.69) is 76.8 Å². The molecule has 0 saturated heterocycles. The van der Waals surface area contributed by atoms with Crippen molar-refractivity contribution in [1.29, 1.82) is 0 Å². The van der Waals surface area contributed by atoms with Crippen molar-refractivity contribution in [3.63, 3.8) is 0 Å². The van der Waals surface area contributed by atoms with Gasteiger partial charge in [-0.15, -0.1) is 0 Å². The molecule has 3 aromatic heterocycles. The van der Waals surface area contributed by atoms with Crippen molar-refractivity contribution >= 4 is 27.6 Å². The third-order valence-electron chi connectivity index (χ3n) is 7.49. The number of benzene rings is 3. The van der Waals surface area contributed by atoms with Crippen molar-refractivity contribution in [2.24, 2.45) is 0 Å². The van der Waals surface area contributed by atoms with Gasteiger partial charge in [0.1, 0.15) is 0 Å². The van der Waals surface area contributed by atoms with Gasteiger partial charge in [-0.25, -0.2) is 4.85 Å². The van der Waals surface area contributed by atoms with Gasteiger partial charge in [-0.1, -0.05) is 50.2 Å². The highest BCUT2D eigenvalue weighted by molar-refractivity contribution is 6.09. The van der Waals surface area contributed by atoms with Crippen LogP contribution in [0.25, 0.3) is 54.9 Å². The van der Waals surface area contributed by atoms with Crippen LogP contribution >= 0.6 is 0 Å². The lowest BCUT2D eigenvalue weighted by Crippen LogP contribution is -2.14. The van der Waals surface area contributed by atoms with Gasteiger partial charge in [0.25, 0.3) is 0 Å². The molecule has 0 bridgehead atoms. The Balaban J connectivity index is 1.54. The Morgan fingerprint density at radius 3 is 2.44 bits per heavy atom. The zero-order chi connectivity index (χ0) is 24.4. The molecule has 0 saturated carbocycles. The van der Waals surface area contributed by atoms with Gasteiger partial charge < -0.3 is 4.57 Å². The SMILES string of the molecule is [C-]#[N+]c1ccc2c(c1)C(C)(C)c1cc3c4ncccc4n(-c4cccc(-c5ccccn5)c4)c3cc1-2. The van der Waals surface area contributed by atoms with Crippen LogP contribution in [0.15, 0.2) is 97.3 Å². The van der Waals surface area contributed by atoms with Crippen molar-refractivity contribution < 1.29 is 0 Å². The molecule has 0 fully saturated rings. The number of fused-ring (bicyclic) bond motifs is 6. The zero-order valence-corrected chi connectivity index (χ0v) is 20.0. The Morgan fingerprint density at radius 1 is 0.750 bits per heavy atom. The first-order valence-corrected chi connectivity index (χ1v) is 12.0. The Hall–Kier alpha value is -4.75. The fraction of sp³-hybridized carbons (Fsp3) is 0.0938. The third-order valence-corrected chi connectivity index (χ3v) is 7.49. The molecule has 0 N–H and O–H groups in total. The third kappa shape index (κ3) is 2.80. The van der Waals surface area contributed by atoms with Gasteiger partial charge in [-0.05, 0) is 70.8 Å². The molecule has 1 aliphatic carbocycles. The first kappa shape index (κ1) is 20.6. The van der Waals surface area contributed by atoms with E-state index in [1.807, 2.05) is 48.8 Å². The Kier molecular flexibility index (Phi) is 4.22. The smallest absolute Gasteiger partial charge is 0.187 e. The number of pyridine rings is 2. The lowest BCUT2D eigenvalue weighted by molar-refractivity contribution is 0.661. The summed E-state index contributed by atoms with van der Waals surface area (Å²) in [5, 5.41) is 1.14. The maximum atomic E-state index is 7.49. The molecule has 0 amide bonds. The van der Waals surface area contributed by atoms with E-state index in [0.29, 0.717) is 5.69 Å². The lowest BCUT2D eigenvalue weighted by atomic mass is 9.82. The van der Waals surface area contributed by atoms with Gasteiger partial charge in [-0.3, -0.25) is 9.97 Å². The number of aromatic nitrogens is 3. The molecule has 3 heterocycles. The van der Waals surface area contributed by atoms with E-state index in [1.165, 1.54) is 22.3 Å². The highest BCUT2D eigenvalue weighted by Crippen LogP contribution is 2.51. The van der Waals surface area contributed by atoms with Crippen LogP contribution in [0.3, 0.4) is 0 Å². The second-order valence-electron chi connectivity index (χ2n) is 9.85. The van der Waals surface area contributed by atoms with Crippen molar-refractivity contribution in [3.05, 3.63) is 120 Å². The summed E-state index contributed by atoms with van der Waals surface area (Å²) in [6.07, 6.45) is 3.69. The largest absolute Gasteiger partial charge is 0.308 e. The second kappa shape index (κ2) is 7.37. The summed E-state index contributed by atoms with van der Waals surface area (Å²) < 4.78 is 2.31. The highest BCUT2D eigenvalue weighted by Gasteiger charge is 2.36. The number of rotatable bonds is 2. The standard InChI is InChI=1S/C32H22N4/c1-32(2)26-17-21(33-3)12-13-23(26)24-19-30-25(18-27(24)32)31-29(11-7-15-35-31)36(30)22-9-6-8-20(16-22)28-10-4-5-14-34-28/h4-19H,1-2H3. The quantitative estimate of drug-likeness (QED) is 0.244. The van der Waals surface area contributed by atoms with Crippen molar-refractivity contribution in [3.8, 4) is 28.1 Å². The summed E-state index contributed by atoms with van der Waals surface area (Å²) in [6.45, 7) is 12.0. The summed E-state index contributed by atoms with van der Waals surface area (Å²) >= 11 is 0. The van der Waals surface area contributed by atoms with E-state index in [-0.39, 0.29) is 5.41 Å². The monoisotopic (exact) mass is 462 g/mol. The molecule has 0 spiro atoms. The van der Waals surface area contributed by atoms with Crippen LogP contribution in [0.1, 0.15) is 25.0 Å². The summed E-state index contributed by atoms with van der Waals surface area (Å²) in [5.74, 6) is 0. The average Bonchev–Trinajstić information content (AvgIpc) is 3.36. The molecule has 170 valence electrons. The van der Waals surface area contributed by atoms with Gasteiger partial charge in [0.05, 0.1) is 28.8 Å². The van der Waals surface area contributed by atoms with Gasteiger partial charge in [0.2, 0.25) is 0 Å². The Labute approximate surface area is 209 Å². The van der Waals surface area contributed by atoms with Gasteiger partial charge in [0.15, 0.2) is 5.69 Å². The van der Waals surface area contributed by atoms with Crippen molar-refractivity contribution in [2.75, 3.05) is 0 Å². The summed E-state index contributed by atoms with van der Waals surface area (Å²) in [4.78, 5) is 13.0. The molecule has 36 heavy (non-hydrogen) atoms. The molecule has 0 radical (unpaired) electrons. The van der Waals surface area contributed by atoms with Crippen LogP contribution in [-0.2, 0) is 5.41 Å². The van der Waals surface area contributed by atoms with Crippen LogP contribution in [0.5, 0.6) is 0 Å². The molecule has 4 nitrogen and oxygen atoms in total. The van der Waals surface area contributed by atoms with Gasteiger partial charge in [0, 0.05) is 34.4 Å². The first-order chi connectivity index (χ1) is 17.6. The van der Waals surface area contributed by atoms with E-state index in [9.17, 15) is 0 Å². The number of nitrogens with zero attached hydrogens (tertiary/aromatic N) is 4. The fourth-order valence-corrected chi connectivity index (χ4v) is 5.73. The highest BCUT2D eigenvalue weighted by atomic mass is 15.0. The minimum absolute atomic E-state index is 0.193. The fourth-order valence-electron chi connectivity index (χ4n) is 5.73. The minimum Gasteiger partial charge on any atom is -0.308 e. The van der Waals surface area contributed by atoms with Crippen LogP contribution in [0, 0.1) is 6.57 Å². The summed E-state index contributed by atoms with van der Waals surface area (Å²) in [5.41, 5.74) is 11.7. The predicted octanol–water partition coefficient (Wildman–Crippen LogP) is 8.10. The molecule has 3 aromatic carbocycles.